The van der Waals surface area contributed by atoms with Crippen LogP contribution in [0.4, 0.5) is 14.9 Å². The highest BCUT2D eigenvalue weighted by Gasteiger charge is 2.21. The number of aliphatic carboxylic acids is 1. The number of urea groups is 1. The van der Waals surface area contributed by atoms with Gasteiger partial charge in [0.1, 0.15) is 11.9 Å². The number of likely N-dealkylation sites (N-methyl/N-ethyl adjacent to an activating group) is 1. The Kier molecular flexibility index (Phi) is 4.66. The summed E-state index contributed by atoms with van der Waals surface area (Å²) in [6.45, 7) is 1.38. The molecule has 7 heteroatoms. The molecule has 5 nitrogen and oxygen atoms in total. The van der Waals surface area contributed by atoms with Crippen LogP contribution in [0.1, 0.15) is 6.92 Å². The number of hydrogen-bond acceptors (Lipinski definition) is 2. The molecule has 98 valence electrons. The molecule has 0 aliphatic rings. The van der Waals surface area contributed by atoms with Crippen LogP contribution in [0.3, 0.4) is 0 Å². The van der Waals surface area contributed by atoms with Gasteiger partial charge in [0.25, 0.3) is 0 Å². The Morgan fingerprint density at radius 1 is 1.50 bits per heavy atom. The Bertz CT molecular complexity index is 481. The van der Waals surface area contributed by atoms with E-state index in [1.54, 1.807) is 0 Å². The highest BCUT2D eigenvalue weighted by molar-refractivity contribution is 9.10. The first kappa shape index (κ1) is 14.4. The quantitative estimate of drug-likeness (QED) is 0.899. The standard InChI is InChI=1S/C11H12BrFN2O3/c1-6(10(16)17)15(2)11(18)14-7-3-4-8(12)9(13)5-7/h3-6H,1-2H3,(H,14,18)(H,16,17). The van der Waals surface area contributed by atoms with Crippen molar-refractivity contribution in [2.24, 2.45) is 0 Å². The average Bonchev–Trinajstić information content (AvgIpc) is 2.31. The van der Waals surface area contributed by atoms with Crippen molar-refractivity contribution in [2.45, 2.75) is 13.0 Å². The fraction of sp³-hybridized carbons (Fsp3) is 0.273. The number of benzene rings is 1. The fourth-order valence-corrected chi connectivity index (χ4v) is 1.37. The van der Waals surface area contributed by atoms with Crippen LogP contribution in [0.15, 0.2) is 22.7 Å². The van der Waals surface area contributed by atoms with Crippen LogP contribution in [-0.2, 0) is 4.79 Å². The molecule has 2 amide bonds. The van der Waals surface area contributed by atoms with Gasteiger partial charge in [-0.2, -0.15) is 0 Å². The van der Waals surface area contributed by atoms with Gasteiger partial charge in [0, 0.05) is 12.7 Å². The number of anilines is 1. The molecule has 0 radical (unpaired) electrons. The van der Waals surface area contributed by atoms with E-state index in [4.69, 9.17) is 5.11 Å². The SMILES string of the molecule is CC(C(=O)O)N(C)C(=O)Nc1ccc(Br)c(F)c1. The fourth-order valence-electron chi connectivity index (χ4n) is 1.13. The van der Waals surface area contributed by atoms with E-state index in [9.17, 15) is 14.0 Å². The lowest BCUT2D eigenvalue weighted by Crippen LogP contribution is -2.42. The maximum absolute atomic E-state index is 13.2. The topological polar surface area (TPSA) is 69.6 Å². The Hall–Kier alpha value is -1.63. The van der Waals surface area contributed by atoms with E-state index in [2.05, 4.69) is 21.2 Å². The zero-order valence-corrected chi connectivity index (χ0v) is 11.4. The molecule has 0 bridgehead atoms. The Morgan fingerprint density at radius 3 is 2.61 bits per heavy atom. The van der Waals surface area contributed by atoms with Crippen molar-refractivity contribution in [2.75, 3.05) is 12.4 Å². The molecule has 1 unspecified atom stereocenters. The minimum Gasteiger partial charge on any atom is -0.480 e. The molecule has 0 aliphatic carbocycles. The second-order valence-corrected chi connectivity index (χ2v) is 4.54. The highest BCUT2D eigenvalue weighted by atomic mass is 79.9. The first-order valence-corrected chi connectivity index (χ1v) is 5.84. The third-order valence-electron chi connectivity index (χ3n) is 2.43. The third-order valence-corrected chi connectivity index (χ3v) is 3.07. The van der Waals surface area contributed by atoms with E-state index < -0.39 is 23.9 Å². The van der Waals surface area contributed by atoms with E-state index in [0.29, 0.717) is 0 Å². The van der Waals surface area contributed by atoms with Gasteiger partial charge in [0.05, 0.1) is 4.47 Å². The van der Waals surface area contributed by atoms with Crippen LogP contribution in [-0.4, -0.2) is 35.1 Å². The number of carboxylic acid groups (broad SMARTS) is 1. The van der Waals surface area contributed by atoms with Crippen LogP contribution in [0, 0.1) is 5.82 Å². The zero-order valence-electron chi connectivity index (χ0n) is 9.78. The van der Waals surface area contributed by atoms with Gasteiger partial charge in [-0.15, -0.1) is 0 Å². The Morgan fingerprint density at radius 2 is 2.11 bits per heavy atom. The summed E-state index contributed by atoms with van der Waals surface area (Å²) in [5.41, 5.74) is 0.255. The summed E-state index contributed by atoms with van der Waals surface area (Å²) in [5, 5.41) is 11.2. The van der Waals surface area contributed by atoms with Gasteiger partial charge in [-0.3, -0.25) is 0 Å². The van der Waals surface area contributed by atoms with E-state index in [1.165, 1.54) is 26.1 Å². The van der Waals surface area contributed by atoms with Gasteiger partial charge in [0.15, 0.2) is 0 Å². The summed E-state index contributed by atoms with van der Waals surface area (Å²) < 4.78 is 13.5. The first-order valence-electron chi connectivity index (χ1n) is 5.04. The molecule has 0 aromatic heterocycles. The van der Waals surface area contributed by atoms with E-state index >= 15 is 0 Å². The van der Waals surface area contributed by atoms with Gasteiger partial charge >= 0.3 is 12.0 Å². The minimum atomic E-state index is -1.12. The monoisotopic (exact) mass is 318 g/mol. The number of nitrogens with one attached hydrogen (secondary N) is 1. The lowest BCUT2D eigenvalue weighted by atomic mass is 10.3. The number of halogens is 2. The van der Waals surface area contributed by atoms with Gasteiger partial charge in [-0.05, 0) is 41.1 Å². The average molecular weight is 319 g/mol. The molecular formula is C11H12BrFN2O3. The molecule has 18 heavy (non-hydrogen) atoms. The summed E-state index contributed by atoms with van der Waals surface area (Å²) in [7, 11) is 1.35. The molecular weight excluding hydrogens is 307 g/mol. The number of nitrogens with zero attached hydrogens (tertiary/aromatic N) is 1. The molecule has 1 aromatic carbocycles. The van der Waals surface area contributed by atoms with Gasteiger partial charge < -0.3 is 15.3 Å². The number of carbonyl (C=O) groups excluding carboxylic acids is 1. The molecule has 0 fully saturated rings. The molecule has 0 heterocycles. The summed E-state index contributed by atoms with van der Waals surface area (Å²) in [6.07, 6.45) is 0. The van der Waals surface area contributed by atoms with Crippen LogP contribution in [0.5, 0.6) is 0 Å². The van der Waals surface area contributed by atoms with Gasteiger partial charge in [-0.25, -0.2) is 14.0 Å². The third kappa shape index (κ3) is 3.43. The largest absolute Gasteiger partial charge is 0.480 e. The summed E-state index contributed by atoms with van der Waals surface area (Å²) >= 11 is 2.99. The van der Waals surface area contributed by atoms with Crippen molar-refractivity contribution in [1.82, 2.24) is 4.90 Å². The molecule has 1 aromatic rings. The maximum Gasteiger partial charge on any atom is 0.326 e. The molecule has 0 aliphatic heterocycles. The summed E-state index contributed by atoms with van der Waals surface area (Å²) in [5.74, 6) is -1.63. The molecule has 1 atom stereocenters. The van der Waals surface area contributed by atoms with Crippen molar-refractivity contribution in [3.8, 4) is 0 Å². The highest BCUT2D eigenvalue weighted by Crippen LogP contribution is 2.19. The van der Waals surface area contributed by atoms with Crippen molar-refractivity contribution < 1.29 is 19.1 Å². The van der Waals surface area contributed by atoms with Crippen LogP contribution >= 0.6 is 15.9 Å². The van der Waals surface area contributed by atoms with Crippen molar-refractivity contribution in [1.29, 1.82) is 0 Å². The normalized spacial score (nSPS) is 11.8. The number of rotatable bonds is 3. The lowest BCUT2D eigenvalue weighted by molar-refractivity contribution is -0.141. The maximum atomic E-state index is 13.2. The zero-order chi connectivity index (χ0) is 13.9. The van der Waals surface area contributed by atoms with E-state index in [-0.39, 0.29) is 10.2 Å². The number of carbonyl (C=O) groups is 2. The van der Waals surface area contributed by atoms with Gasteiger partial charge in [-0.1, -0.05) is 0 Å². The first-order chi connectivity index (χ1) is 8.32. The number of amides is 2. The van der Waals surface area contributed by atoms with E-state index in [1.807, 2.05) is 0 Å². The Balaban J connectivity index is 2.75. The Labute approximate surface area is 112 Å². The van der Waals surface area contributed by atoms with Crippen molar-refractivity contribution in [3.05, 3.63) is 28.5 Å². The predicted molar refractivity (Wildman–Crippen MR) is 68.0 cm³/mol. The van der Waals surface area contributed by atoms with Crippen LogP contribution in [0.2, 0.25) is 0 Å². The second-order valence-electron chi connectivity index (χ2n) is 3.68. The lowest BCUT2D eigenvalue weighted by Gasteiger charge is -2.21. The predicted octanol–water partition coefficient (Wildman–Crippen LogP) is 2.53. The molecule has 0 saturated heterocycles. The molecule has 0 saturated carbocycles. The van der Waals surface area contributed by atoms with Crippen molar-refractivity contribution >= 4 is 33.6 Å². The molecule has 2 N–H and O–H groups in total. The summed E-state index contributed by atoms with van der Waals surface area (Å²) in [4.78, 5) is 23.4. The number of hydrogen-bond donors (Lipinski definition) is 2. The van der Waals surface area contributed by atoms with Crippen LogP contribution in [0.25, 0.3) is 0 Å². The molecule has 1 rings (SSSR count). The van der Waals surface area contributed by atoms with Crippen LogP contribution < -0.4 is 5.32 Å². The minimum absolute atomic E-state index is 0.255. The summed E-state index contributed by atoms with van der Waals surface area (Å²) in [6, 6.07) is 2.51. The smallest absolute Gasteiger partial charge is 0.326 e. The molecule has 0 spiro atoms. The second kappa shape index (κ2) is 5.81. The van der Waals surface area contributed by atoms with Gasteiger partial charge in [0.2, 0.25) is 0 Å². The number of carboxylic acids is 1. The van der Waals surface area contributed by atoms with E-state index in [0.717, 1.165) is 11.0 Å². The van der Waals surface area contributed by atoms with Crippen molar-refractivity contribution in [3.63, 3.8) is 0 Å².